The molecule has 1 aliphatic rings. The Morgan fingerprint density at radius 2 is 1.79 bits per heavy atom. The van der Waals surface area contributed by atoms with Crippen molar-refractivity contribution in [1.29, 1.82) is 0 Å². The van der Waals surface area contributed by atoms with Crippen LogP contribution in [0, 0.1) is 5.41 Å². The third-order valence-corrected chi connectivity index (χ3v) is 4.01. The van der Waals surface area contributed by atoms with Gasteiger partial charge in [-0.1, -0.05) is 39.0 Å². The first-order valence-electron chi connectivity index (χ1n) is 8.58. The number of nitrogens with one attached hydrogen (secondary N) is 1. The second-order valence-corrected chi connectivity index (χ2v) is 7.56. The number of carbonyl (C=O) groups excluding carboxylic acids is 2. The van der Waals surface area contributed by atoms with Gasteiger partial charge in [0, 0.05) is 25.6 Å². The molecule has 1 N–H and O–H groups in total. The minimum atomic E-state index is -0.00444. The summed E-state index contributed by atoms with van der Waals surface area (Å²) < 4.78 is 5.51. The van der Waals surface area contributed by atoms with Crippen LogP contribution in [0.1, 0.15) is 40.0 Å². The lowest BCUT2D eigenvalue weighted by Gasteiger charge is -2.33. The van der Waals surface area contributed by atoms with E-state index in [-0.39, 0.29) is 29.9 Å². The van der Waals surface area contributed by atoms with Gasteiger partial charge in [0.1, 0.15) is 5.75 Å². The molecule has 24 heavy (non-hydrogen) atoms. The number of likely N-dealkylation sites (tertiary alicyclic amines) is 1. The maximum Gasteiger partial charge on any atom is 0.260 e. The second-order valence-electron chi connectivity index (χ2n) is 7.56. The Bertz CT molecular complexity index is 543. The van der Waals surface area contributed by atoms with E-state index in [9.17, 15) is 9.59 Å². The van der Waals surface area contributed by atoms with Crippen LogP contribution in [0.3, 0.4) is 0 Å². The van der Waals surface area contributed by atoms with E-state index in [4.69, 9.17) is 4.74 Å². The van der Waals surface area contributed by atoms with E-state index in [0.717, 1.165) is 12.8 Å². The minimum Gasteiger partial charge on any atom is -0.484 e. The summed E-state index contributed by atoms with van der Waals surface area (Å²) >= 11 is 0. The van der Waals surface area contributed by atoms with Crippen LogP contribution < -0.4 is 10.1 Å². The molecule has 0 unspecified atom stereocenters. The highest BCUT2D eigenvalue weighted by Crippen LogP contribution is 2.19. The summed E-state index contributed by atoms with van der Waals surface area (Å²) in [5.74, 6) is 0.799. The summed E-state index contributed by atoms with van der Waals surface area (Å²) in [7, 11) is 0. The molecule has 132 valence electrons. The average Bonchev–Trinajstić information content (AvgIpc) is 2.52. The molecule has 1 fully saturated rings. The zero-order valence-electron chi connectivity index (χ0n) is 14.9. The van der Waals surface area contributed by atoms with Crippen LogP contribution in [-0.2, 0) is 9.59 Å². The molecule has 1 heterocycles. The predicted molar refractivity (Wildman–Crippen MR) is 93.8 cm³/mol. The lowest BCUT2D eigenvalue weighted by atomic mass is 9.91. The summed E-state index contributed by atoms with van der Waals surface area (Å²) in [4.78, 5) is 26.0. The smallest absolute Gasteiger partial charge is 0.260 e. The Hall–Kier alpha value is -2.04. The van der Waals surface area contributed by atoms with Gasteiger partial charge in [-0.05, 0) is 30.4 Å². The van der Waals surface area contributed by atoms with E-state index in [2.05, 4.69) is 26.1 Å². The number of hydrogen-bond acceptors (Lipinski definition) is 3. The second kappa shape index (κ2) is 8.18. The van der Waals surface area contributed by atoms with Gasteiger partial charge in [0.25, 0.3) is 5.91 Å². The predicted octanol–water partition coefficient (Wildman–Crippen LogP) is 2.61. The number of carbonyl (C=O) groups is 2. The highest BCUT2D eigenvalue weighted by Gasteiger charge is 2.25. The maximum atomic E-state index is 12.2. The molecule has 1 saturated heterocycles. The van der Waals surface area contributed by atoms with Gasteiger partial charge >= 0.3 is 0 Å². The van der Waals surface area contributed by atoms with Crippen molar-refractivity contribution in [3.63, 3.8) is 0 Å². The van der Waals surface area contributed by atoms with Crippen LogP contribution in [0.2, 0.25) is 0 Å². The van der Waals surface area contributed by atoms with Gasteiger partial charge in [0.05, 0.1) is 0 Å². The first-order valence-corrected chi connectivity index (χ1v) is 8.58. The highest BCUT2D eigenvalue weighted by atomic mass is 16.5. The van der Waals surface area contributed by atoms with Gasteiger partial charge in [-0.25, -0.2) is 0 Å². The summed E-state index contributed by atoms with van der Waals surface area (Å²) in [5.41, 5.74) is -0.00444. The Labute approximate surface area is 144 Å². The number of hydrogen-bond donors (Lipinski definition) is 1. The average molecular weight is 332 g/mol. The molecule has 0 saturated carbocycles. The first-order chi connectivity index (χ1) is 11.3. The Balaban J connectivity index is 1.70. The third kappa shape index (κ3) is 6.22. The van der Waals surface area contributed by atoms with E-state index in [1.165, 1.54) is 0 Å². The number of nitrogens with zero attached hydrogens (tertiary/aromatic N) is 1. The number of para-hydroxylation sites is 1. The summed E-state index contributed by atoms with van der Waals surface area (Å²) in [6, 6.07) is 9.51. The van der Waals surface area contributed by atoms with Gasteiger partial charge in [-0.2, -0.15) is 0 Å². The molecule has 0 aliphatic carbocycles. The number of piperidine rings is 1. The van der Waals surface area contributed by atoms with Crippen molar-refractivity contribution in [1.82, 2.24) is 10.2 Å². The fraction of sp³-hybridized carbons (Fsp3) is 0.579. The molecular formula is C19H28N2O3. The Kier molecular flexibility index (Phi) is 6.23. The lowest BCUT2D eigenvalue weighted by Crippen LogP contribution is -2.48. The highest BCUT2D eigenvalue weighted by molar-refractivity contribution is 5.78. The van der Waals surface area contributed by atoms with E-state index in [0.29, 0.717) is 25.3 Å². The van der Waals surface area contributed by atoms with Crippen molar-refractivity contribution in [2.24, 2.45) is 5.41 Å². The Morgan fingerprint density at radius 3 is 2.38 bits per heavy atom. The van der Waals surface area contributed by atoms with E-state index < -0.39 is 0 Å². The number of amides is 2. The summed E-state index contributed by atoms with van der Waals surface area (Å²) in [5, 5.41) is 3.08. The van der Waals surface area contributed by atoms with Gasteiger partial charge < -0.3 is 15.0 Å². The van der Waals surface area contributed by atoms with Gasteiger partial charge in [-0.3, -0.25) is 9.59 Å². The number of rotatable bonds is 5. The van der Waals surface area contributed by atoms with Crippen LogP contribution in [0.15, 0.2) is 30.3 Å². The zero-order chi connectivity index (χ0) is 17.6. The molecule has 0 bridgehead atoms. The molecule has 5 nitrogen and oxygen atoms in total. The quantitative estimate of drug-likeness (QED) is 0.902. The van der Waals surface area contributed by atoms with E-state index >= 15 is 0 Å². The van der Waals surface area contributed by atoms with Gasteiger partial charge in [0.2, 0.25) is 5.91 Å². The molecule has 1 aromatic rings. The largest absolute Gasteiger partial charge is 0.484 e. The summed E-state index contributed by atoms with van der Waals surface area (Å²) in [6.45, 7) is 7.56. The van der Waals surface area contributed by atoms with Crippen molar-refractivity contribution in [2.45, 2.75) is 46.1 Å². The standard InChI is InChI=1S/C19H28N2O3/c1-19(2,3)13-17(22)20-15-9-11-21(12-10-15)18(23)14-24-16-7-5-4-6-8-16/h4-8,15H,9-14H2,1-3H3,(H,20,22). The van der Waals surface area contributed by atoms with Crippen LogP contribution in [0.4, 0.5) is 0 Å². The SMILES string of the molecule is CC(C)(C)CC(=O)NC1CCN(C(=O)COc2ccccc2)CC1. The third-order valence-electron chi connectivity index (χ3n) is 4.01. The number of ether oxygens (including phenoxy) is 1. The van der Waals surface area contributed by atoms with Crippen molar-refractivity contribution >= 4 is 11.8 Å². The fourth-order valence-corrected chi connectivity index (χ4v) is 2.79. The van der Waals surface area contributed by atoms with Crippen molar-refractivity contribution in [3.05, 3.63) is 30.3 Å². The molecule has 0 radical (unpaired) electrons. The molecular weight excluding hydrogens is 304 g/mol. The topological polar surface area (TPSA) is 58.6 Å². The van der Waals surface area contributed by atoms with Crippen molar-refractivity contribution in [2.75, 3.05) is 19.7 Å². The maximum absolute atomic E-state index is 12.2. The van der Waals surface area contributed by atoms with Crippen LogP contribution in [0.5, 0.6) is 5.75 Å². The number of benzene rings is 1. The van der Waals surface area contributed by atoms with Gasteiger partial charge in [0.15, 0.2) is 6.61 Å². The van der Waals surface area contributed by atoms with Crippen molar-refractivity contribution in [3.8, 4) is 5.75 Å². The molecule has 1 aromatic carbocycles. The normalized spacial score (nSPS) is 15.9. The molecule has 0 atom stereocenters. The molecule has 2 rings (SSSR count). The Morgan fingerprint density at radius 1 is 1.17 bits per heavy atom. The van der Waals surface area contributed by atoms with Crippen LogP contribution in [0.25, 0.3) is 0 Å². The van der Waals surface area contributed by atoms with E-state index in [1.54, 1.807) is 0 Å². The van der Waals surface area contributed by atoms with Crippen LogP contribution in [-0.4, -0.2) is 42.5 Å². The monoisotopic (exact) mass is 332 g/mol. The fourth-order valence-electron chi connectivity index (χ4n) is 2.79. The summed E-state index contributed by atoms with van der Waals surface area (Å²) in [6.07, 6.45) is 2.12. The molecule has 2 amide bonds. The van der Waals surface area contributed by atoms with E-state index in [1.807, 2.05) is 35.2 Å². The zero-order valence-corrected chi connectivity index (χ0v) is 14.9. The van der Waals surface area contributed by atoms with Gasteiger partial charge in [-0.15, -0.1) is 0 Å². The first kappa shape index (κ1) is 18.3. The molecule has 0 spiro atoms. The minimum absolute atomic E-state index is 0.00155. The molecule has 1 aliphatic heterocycles. The van der Waals surface area contributed by atoms with Crippen molar-refractivity contribution < 1.29 is 14.3 Å². The lowest BCUT2D eigenvalue weighted by molar-refractivity contribution is -0.134. The molecule has 0 aromatic heterocycles. The molecule has 5 heteroatoms. The van der Waals surface area contributed by atoms with Crippen LogP contribution >= 0.6 is 0 Å².